The Balaban J connectivity index is 1.45. The van der Waals surface area contributed by atoms with Crippen molar-refractivity contribution >= 4 is 17.8 Å². The molecule has 0 radical (unpaired) electrons. The average Bonchev–Trinajstić information content (AvgIpc) is 3.19. The van der Waals surface area contributed by atoms with Crippen molar-refractivity contribution in [2.45, 2.75) is 31.9 Å². The Morgan fingerprint density at radius 3 is 2.32 bits per heavy atom. The lowest BCUT2D eigenvalue weighted by atomic mass is 10.1. The lowest BCUT2D eigenvalue weighted by Gasteiger charge is -2.23. The highest BCUT2D eigenvalue weighted by Crippen LogP contribution is 2.22. The van der Waals surface area contributed by atoms with Crippen molar-refractivity contribution in [2.24, 2.45) is 0 Å². The van der Waals surface area contributed by atoms with Gasteiger partial charge >= 0.3 is 12.1 Å². The third kappa shape index (κ3) is 5.42. The van der Waals surface area contributed by atoms with Crippen molar-refractivity contribution in [1.29, 1.82) is 0 Å². The Morgan fingerprint density at radius 2 is 1.61 bits per heavy atom. The molecule has 3 rings (SSSR count). The normalized spacial score (nSPS) is 15.9. The number of likely N-dealkylation sites (tertiary alicyclic amines) is 1. The number of ketones is 1. The Hall–Kier alpha value is -3.15. The van der Waals surface area contributed by atoms with Crippen LogP contribution in [0.15, 0.2) is 60.7 Å². The van der Waals surface area contributed by atoms with Crippen LogP contribution >= 0.6 is 0 Å². The Bertz CT molecular complexity index is 806. The Kier molecular flexibility index (Phi) is 6.78. The smallest absolute Gasteiger partial charge is 0.410 e. The maximum atomic E-state index is 12.4. The summed E-state index contributed by atoms with van der Waals surface area (Å²) < 4.78 is 10.5. The fourth-order valence-electron chi connectivity index (χ4n) is 3.20. The number of rotatable bonds is 7. The number of hydrogen-bond acceptors (Lipinski definition) is 5. The number of hydrogen-bond donors (Lipinski definition) is 0. The van der Waals surface area contributed by atoms with Gasteiger partial charge in [0.25, 0.3) is 0 Å². The molecule has 1 unspecified atom stereocenters. The highest BCUT2D eigenvalue weighted by Gasteiger charge is 2.32. The molecular weight excluding hydrogens is 358 g/mol. The van der Waals surface area contributed by atoms with Gasteiger partial charge in [-0.25, -0.2) is 4.79 Å². The van der Waals surface area contributed by atoms with E-state index in [1.165, 1.54) is 0 Å². The lowest BCUT2D eigenvalue weighted by Crippen LogP contribution is -2.37. The van der Waals surface area contributed by atoms with E-state index >= 15 is 0 Å². The second kappa shape index (κ2) is 9.69. The van der Waals surface area contributed by atoms with Crippen LogP contribution in [0.3, 0.4) is 0 Å². The van der Waals surface area contributed by atoms with Crippen molar-refractivity contribution in [3.05, 3.63) is 71.8 Å². The summed E-state index contributed by atoms with van der Waals surface area (Å²) in [5, 5.41) is 0. The molecule has 0 aromatic heterocycles. The third-order valence-corrected chi connectivity index (χ3v) is 4.68. The molecule has 1 amide bonds. The fourth-order valence-corrected chi connectivity index (χ4v) is 3.20. The number of benzene rings is 2. The summed E-state index contributed by atoms with van der Waals surface area (Å²) in [6, 6.07) is 17.9. The molecule has 6 nitrogen and oxygen atoms in total. The topological polar surface area (TPSA) is 72.9 Å². The summed E-state index contributed by atoms with van der Waals surface area (Å²) in [5.74, 6) is -0.739. The van der Waals surface area contributed by atoms with Crippen molar-refractivity contribution < 1.29 is 23.9 Å². The average molecular weight is 381 g/mol. The standard InChI is InChI=1S/C22H23NO5/c24-20(18-10-5-2-6-11-18)16-27-21(25)14-19-12-7-13-23(19)22(26)28-15-17-8-3-1-4-9-17/h1-6,8-11,19H,7,12-16H2. The zero-order chi connectivity index (χ0) is 19.8. The van der Waals surface area contributed by atoms with Crippen LogP contribution in [0.1, 0.15) is 35.2 Å². The minimum atomic E-state index is -0.489. The molecule has 146 valence electrons. The van der Waals surface area contributed by atoms with Crippen molar-refractivity contribution in [2.75, 3.05) is 13.2 Å². The quantitative estimate of drug-likeness (QED) is 0.541. The summed E-state index contributed by atoms with van der Waals surface area (Å²) in [4.78, 5) is 38.1. The predicted molar refractivity (Wildman–Crippen MR) is 103 cm³/mol. The minimum Gasteiger partial charge on any atom is -0.457 e. The van der Waals surface area contributed by atoms with Crippen LogP contribution in [-0.4, -0.2) is 41.9 Å². The molecule has 1 aliphatic heterocycles. The first-order chi connectivity index (χ1) is 13.6. The van der Waals surface area contributed by atoms with Crippen molar-refractivity contribution in [3.63, 3.8) is 0 Å². The molecule has 1 fully saturated rings. The van der Waals surface area contributed by atoms with Crippen LogP contribution in [0, 0.1) is 0 Å². The zero-order valence-corrected chi connectivity index (χ0v) is 15.6. The monoisotopic (exact) mass is 381 g/mol. The van der Waals surface area contributed by atoms with Gasteiger partial charge in [0.15, 0.2) is 12.4 Å². The molecule has 0 bridgehead atoms. The van der Waals surface area contributed by atoms with Gasteiger partial charge in [0.05, 0.1) is 6.42 Å². The van der Waals surface area contributed by atoms with Crippen LogP contribution in [0.2, 0.25) is 0 Å². The van der Waals surface area contributed by atoms with Gasteiger partial charge in [0, 0.05) is 18.2 Å². The van der Waals surface area contributed by atoms with E-state index in [0.29, 0.717) is 18.5 Å². The molecule has 6 heteroatoms. The molecule has 0 N–H and O–H groups in total. The van der Waals surface area contributed by atoms with Gasteiger partial charge in [-0.05, 0) is 18.4 Å². The largest absolute Gasteiger partial charge is 0.457 e. The summed E-state index contributed by atoms with van der Waals surface area (Å²) in [6.07, 6.45) is 1.14. The molecule has 1 saturated heterocycles. The number of Topliss-reactive ketones (excluding diaryl/α,β-unsaturated/α-hetero) is 1. The van der Waals surface area contributed by atoms with E-state index in [2.05, 4.69) is 0 Å². The lowest BCUT2D eigenvalue weighted by molar-refractivity contribution is -0.143. The van der Waals surface area contributed by atoms with Crippen LogP contribution in [0.25, 0.3) is 0 Å². The van der Waals surface area contributed by atoms with Gasteiger partial charge in [-0.1, -0.05) is 60.7 Å². The van der Waals surface area contributed by atoms with E-state index in [9.17, 15) is 14.4 Å². The van der Waals surface area contributed by atoms with Gasteiger partial charge in [-0.15, -0.1) is 0 Å². The van der Waals surface area contributed by atoms with E-state index in [1.807, 2.05) is 36.4 Å². The third-order valence-electron chi connectivity index (χ3n) is 4.68. The zero-order valence-electron chi connectivity index (χ0n) is 15.6. The first-order valence-corrected chi connectivity index (χ1v) is 9.34. The second-order valence-electron chi connectivity index (χ2n) is 6.68. The van der Waals surface area contributed by atoms with Gasteiger partial charge in [0.1, 0.15) is 6.61 Å². The van der Waals surface area contributed by atoms with Gasteiger partial charge in [-0.3, -0.25) is 9.59 Å². The summed E-state index contributed by atoms with van der Waals surface area (Å²) in [7, 11) is 0. The number of ether oxygens (including phenoxy) is 2. The number of esters is 1. The molecule has 0 aliphatic carbocycles. The minimum absolute atomic E-state index is 0.0580. The maximum Gasteiger partial charge on any atom is 0.410 e. The van der Waals surface area contributed by atoms with E-state index in [0.717, 1.165) is 12.0 Å². The van der Waals surface area contributed by atoms with Crippen molar-refractivity contribution in [1.82, 2.24) is 4.90 Å². The molecule has 1 atom stereocenters. The number of carbonyl (C=O) groups is 3. The molecule has 1 heterocycles. The van der Waals surface area contributed by atoms with E-state index in [1.54, 1.807) is 29.2 Å². The molecule has 1 aliphatic rings. The number of amides is 1. The first-order valence-electron chi connectivity index (χ1n) is 9.34. The molecule has 0 saturated carbocycles. The summed E-state index contributed by atoms with van der Waals surface area (Å²) >= 11 is 0. The van der Waals surface area contributed by atoms with Crippen molar-refractivity contribution in [3.8, 4) is 0 Å². The maximum absolute atomic E-state index is 12.4. The number of nitrogens with zero attached hydrogens (tertiary/aromatic N) is 1. The van der Waals surface area contributed by atoms with Crippen LogP contribution in [0.5, 0.6) is 0 Å². The van der Waals surface area contributed by atoms with Crippen LogP contribution in [-0.2, 0) is 20.9 Å². The predicted octanol–water partition coefficient (Wildman–Crippen LogP) is 3.60. The summed E-state index contributed by atoms with van der Waals surface area (Å²) in [5.41, 5.74) is 1.41. The molecule has 28 heavy (non-hydrogen) atoms. The SMILES string of the molecule is O=C(CC1CCCN1C(=O)OCc1ccccc1)OCC(=O)c1ccccc1. The van der Waals surface area contributed by atoms with Gasteiger partial charge < -0.3 is 14.4 Å². The van der Waals surface area contributed by atoms with E-state index < -0.39 is 12.1 Å². The molecular formula is C22H23NO5. The molecule has 2 aromatic carbocycles. The Morgan fingerprint density at radius 1 is 0.929 bits per heavy atom. The fraction of sp³-hybridized carbons (Fsp3) is 0.318. The van der Waals surface area contributed by atoms with Gasteiger partial charge in [0.2, 0.25) is 0 Å². The second-order valence-corrected chi connectivity index (χ2v) is 6.68. The van der Waals surface area contributed by atoms with E-state index in [-0.39, 0.29) is 31.5 Å². The summed E-state index contributed by atoms with van der Waals surface area (Å²) in [6.45, 7) is 0.446. The highest BCUT2D eigenvalue weighted by molar-refractivity contribution is 5.97. The van der Waals surface area contributed by atoms with Gasteiger partial charge in [-0.2, -0.15) is 0 Å². The molecule has 0 spiro atoms. The Labute approximate surface area is 164 Å². The van der Waals surface area contributed by atoms with E-state index in [4.69, 9.17) is 9.47 Å². The number of carbonyl (C=O) groups excluding carboxylic acids is 3. The molecule has 2 aromatic rings. The first kappa shape index (κ1) is 19.6. The van der Waals surface area contributed by atoms with Crippen LogP contribution < -0.4 is 0 Å². The van der Waals surface area contributed by atoms with Crippen LogP contribution in [0.4, 0.5) is 4.79 Å². The highest BCUT2D eigenvalue weighted by atomic mass is 16.6.